The highest BCUT2D eigenvalue weighted by molar-refractivity contribution is 9.10. The Balaban J connectivity index is 1.98. The summed E-state index contributed by atoms with van der Waals surface area (Å²) in [4.78, 5) is 26.7. The number of aromatic nitrogens is 1. The van der Waals surface area contributed by atoms with Crippen LogP contribution in [0.15, 0.2) is 47.2 Å². The number of urea groups is 1. The average molecular weight is 350 g/mol. The molecule has 0 saturated heterocycles. The second kappa shape index (κ2) is 6.85. The number of rotatable bonds is 4. The van der Waals surface area contributed by atoms with E-state index in [4.69, 9.17) is 5.11 Å². The van der Waals surface area contributed by atoms with Crippen molar-refractivity contribution in [3.63, 3.8) is 0 Å². The lowest BCUT2D eigenvalue weighted by Gasteiger charge is -2.09. The van der Waals surface area contributed by atoms with Crippen LogP contribution < -0.4 is 10.6 Å². The summed E-state index contributed by atoms with van der Waals surface area (Å²) in [7, 11) is 0. The second-order valence-corrected chi connectivity index (χ2v) is 5.12. The van der Waals surface area contributed by atoms with Crippen molar-refractivity contribution in [2.75, 3.05) is 5.32 Å². The van der Waals surface area contributed by atoms with Crippen LogP contribution in [0.25, 0.3) is 0 Å². The smallest absolute Gasteiger partial charge is 0.335 e. The number of carbonyl (C=O) groups is 2. The molecule has 0 aliphatic carbocycles. The molecule has 0 atom stereocenters. The van der Waals surface area contributed by atoms with Crippen molar-refractivity contribution in [2.24, 2.45) is 0 Å². The van der Waals surface area contributed by atoms with Crippen molar-refractivity contribution in [2.45, 2.75) is 6.54 Å². The Morgan fingerprint density at radius 3 is 2.76 bits per heavy atom. The van der Waals surface area contributed by atoms with Gasteiger partial charge < -0.3 is 15.7 Å². The Labute approximate surface area is 129 Å². The average Bonchev–Trinajstić information content (AvgIpc) is 2.45. The lowest BCUT2D eigenvalue weighted by molar-refractivity contribution is 0.0697. The molecule has 6 nitrogen and oxygen atoms in total. The summed E-state index contributed by atoms with van der Waals surface area (Å²) in [6.45, 7) is 0.333. The molecule has 7 heteroatoms. The van der Waals surface area contributed by atoms with E-state index in [2.05, 4.69) is 31.5 Å². The molecule has 1 heterocycles. The largest absolute Gasteiger partial charge is 0.478 e. The van der Waals surface area contributed by atoms with Crippen LogP contribution in [0.3, 0.4) is 0 Å². The standard InChI is InChI=1S/C14H12BrN3O3/c15-11-4-10(13(19)20)5-12(6-11)18-14(21)17-8-9-2-1-3-16-7-9/h1-7H,8H2,(H,19,20)(H2,17,18,21). The van der Waals surface area contributed by atoms with Crippen LogP contribution in [-0.4, -0.2) is 22.1 Å². The summed E-state index contributed by atoms with van der Waals surface area (Å²) < 4.78 is 0.574. The van der Waals surface area contributed by atoms with Crippen molar-refractivity contribution < 1.29 is 14.7 Å². The van der Waals surface area contributed by atoms with E-state index in [0.29, 0.717) is 16.7 Å². The monoisotopic (exact) mass is 349 g/mol. The van der Waals surface area contributed by atoms with Gasteiger partial charge in [-0.3, -0.25) is 4.98 Å². The minimum absolute atomic E-state index is 0.0898. The normalized spacial score (nSPS) is 9.95. The first-order valence-electron chi connectivity index (χ1n) is 6.02. The molecule has 0 fully saturated rings. The van der Waals surface area contributed by atoms with Crippen LogP contribution in [0.2, 0.25) is 0 Å². The summed E-state index contributed by atoms with van der Waals surface area (Å²) in [5.41, 5.74) is 1.35. The van der Waals surface area contributed by atoms with Crippen molar-refractivity contribution in [3.05, 3.63) is 58.3 Å². The molecular weight excluding hydrogens is 338 g/mol. The van der Waals surface area contributed by atoms with Crippen LogP contribution in [0, 0.1) is 0 Å². The van der Waals surface area contributed by atoms with Gasteiger partial charge in [0, 0.05) is 29.1 Å². The number of nitrogens with zero attached hydrogens (tertiary/aromatic N) is 1. The fourth-order valence-electron chi connectivity index (χ4n) is 1.65. The maximum Gasteiger partial charge on any atom is 0.335 e. The predicted octanol–water partition coefficient (Wildman–Crippen LogP) is 2.86. The van der Waals surface area contributed by atoms with Gasteiger partial charge in [0.05, 0.1) is 5.56 Å². The third-order valence-corrected chi connectivity index (χ3v) is 3.04. The van der Waals surface area contributed by atoms with Gasteiger partial charge >= 0.3 is 12.0 Å². The molecule has 1 aromatic carbocycles. The van der Waals surface area contributed by atoms with Crippen LogP contribution in [-0.2, 0) is 6.54 Å². The van der Waals surface area contributed by atoms with Gasteiger partial charge in [-0.2, -0.15) is 0 Å². The fraction of sp³-hybridized carbons (Fsp3) is 0.0714. The third kappa shape index (κ3) is 4.57. The SMILES string of the molecule is O=C(NCc1cccnc1)Nc1cc(Br)cc(C(=O)O)c1. The van der Waals surface area contributed by atoms with Crippen molar-refractivity contribution in [1.82, 2.24) is 10.3 Å². The zero-order chi connectivity index (χ0) is 15.2. The topological polar surface area (TPSA) is 91.3 Å². The van der Waals surface area contributed by atoms with Gasteiger partial charge in [-0.05, 0) is 29.8 Å². The van der Waals surface area contributed by atoms with Crippen LogP contribution in [0.1, 0.15) is 15.9 Å². The molecule has 2 amide bonds. The van der Waals surface area contributed by atoms with E-state index in [1.807, 2.05) is 6.07 Å². The van der Waals surface area contributed by atoms with Crippen molar-refractivity contribution in [3.8, 4) is 0 Å². The Bertz CT molecular complexity index is 662. The molecule has 0 aliphatic heterocycles. The number of hydrogen-bond donors (Lipinski definition) is 3. The maximum atomic E-state index is 11.8. The lowest BCUT2D eigenvalue weighted by Crippen LogP contribution is -2.28. The number of benzene rings is 1. The Kier molecular flexibility index (Phi) is 4.89. The minimum atomic E-state index is -1.06. The molecule has 0 bridgehead atoms. The number of carboxylic acid groups (broad SMARTS) is 1. The van der Waals surface area contributed by atoms with Gasteiger partial charge in [0.2, 0.25) is 0 Å². The van der Waals surface area contributed by atoms with E-state index in [-0.39, 0.29) is 5.56 Å². The summed E-state index contributed by atoms with van der Waals surface area (Å²) >= 11 is 3.20. The highest BCUT2D eigenvalue weighted by Gasteiger charge is 2.08. The number of carboxylic acids is 1. The van der Waals surface area contributed by atoms with Gasteiger partial charge in [-0.1, -0.05) is 22.0 Å². The number of carbonyl (C=O) groups excluding carboxylic acids is 1. The molecule has 21 heavy (non-hydrogen) atoms. The third-order valence-electron chi connectivity index (χ3n) is 2.58. The van der Waals surface area contributed by atoms with Crippen molar-refractivity contribution >= 4 is 33.6 Å². The Morgan fingerprint density at radius 2 is 2.10 bits per heavy atom. The highest BCUT2D eigenvalue weighted by Crippen LogP contribution is 2.19. The summed E-state index contributed by atoms with van der Waals surface area (Å²) in [5.74, 6) is -1.06. The van der Waals surface area contributed by atoms with Crippen LogP contribution in [0.5, 0.6) is 0 Å². The van der Waals surface area contributed by atoms with E-state index >= 15 is 0 Å². The zero-order valence-electron chi connectivity index (χ0n) is 10.8. The van der Waals surface area contributed by atoms with E-state index in [0.717, 1.165) is 5.56 Å². The van der Waals surface area contributed by atoms with E-state index in [1.54, 1.807) is 24.5 Å². The number of aromatic carboxylic acids is 1. The quantitative estimate of drug-likeness (QED) is 0.791. The molecule has 3 N–H and O–H groups in total. The number of nitrogens with one attached hydrogen (secondary N) is 2. The first-order valence-corrected chi connectivity index (χ1v) is 6.81. The minimum Gasteiger partial charge on any atom is -0.478 e. The number of halogens is 1. The Morgan fingerprint density at radius 1 is 1.29 bits per heavy atom. The van der Waals surface area contributed by atoms with Crippen LogP contribution in [0.4, 0.5) is 10.5 Å². The molecule has 2 rings (SSSR count). The fourth-order valence-corrected chi connectivity index (χ4v) is 2.14. The first kappa shape index (κ1) is 15.0. The summed E-state index contributed by atoms with van der Waals surface area (Å²) in [6, 6.07) is 7.67. The molecule has 0 spiro atoms. The van der Waals surface area contributed by atoms with E-state index in [9.17, 15) is 9.59 Å². The number of pyridine rings is 1. The molecule has 108 valence electrons. The Hall–Kier alpha value is -2.41. The van der Waals surface area contributed by atoms with E-state index in [1.165, 1.54) is 12.1 Å². The zero-order valence-corrected chi connectivity index (χ0v) is 12.4. The number of hydrogen-bond acceptors (Lipinski definition) is 3. The summed E-state index contributed by atoms with van der Waals surface area (Å²) in [5, 5.41) is 14.2. The molecule has 0 radical (unpaired) electrons. The maximum absolute atomic E-state index is 11.8. The van der Waals surface area contributed by atoms with Gasteiger partial charge in [-0.25, -0.2) is 9.59 Å². The molecule has 2 aromatic rings. The molecule has 0 saturated carbocycles. The van der Waals surface area contributed by atoms with Gasteiger partial charge in [0.1, 0.15) is 0 Å². The second-order valence-electron chi connectivity index (χ2n) is 4.20. The van der Waals surface area contributed by atoms with Crippen molar-refractivity contribution in [1.29, 1.82) is 0 Å². The summed E-state index contributed by atoms with van der Waals surface area (Å²) in [6.07, 6.45) is 3.31. The van der Waals surface area contributed by atoms with Gasteiger partial charge in [-0.15, -0.1) is 0 Å². The number of amides is 2. The molecule has 1 aromatic heterocycles. The van der Waals surface area contributed by atoms with Gasteiger partial charge in [0.15, 0.2) is 0 Å². The molecule has 0 aliphatic rings. The van der Waals surface area contributed by atoms with Gasteiger partial charge in [0.25, 0.3) is 0 Å². The molecule has 0 unspecified atom stereocenters. The number of anilines is 1. The molecular formula is C14H12BrN3O3. The highest BCUT2D eigenvalue weighted by atomic mass is 79.9. The van der Waals surface area contributed by atoms with E-state index < -0.39 is 12.0 Å². The predicted molar refractivity (Wildman–Crippen MR) is 81.2 cm³/mol. The lowest BCUT2D eigenvalue weighted by atomic mass is 10.2. The van der Waals surface area contributed by atoms with Crippen LogP contribution >= 0.6 is 15.9 Å². The first-order chi connectivity index (χ1) is 10.0.